The van der Waals surface area contributed by atoms with Crippen molar-refractivity contribution in [2.45, 2.75) is 33.1 Å². The zero-order valence-electron chi connectivity index (χ0n) is 11.9. The summed E-state index contributed by atoms with van der Waals surface area (Å²) in [7, 11) is 0. The lowest BCUT2D eigenvalue weighted by molar-refractivity contribution is 0.627. The smallest absolute Gasteiger partial charge is 0.148 e. The second-order valence-corrected chi connectivity index (χ2v) is 5.88. The molecule has 0 aliphatic heterocycles. The maximum atomic E-state index is 13.1. The highest BCUT2D eigenvalue weighted by atomic mass is 32.1. The highest BCUT2D eigenvalue weighted by Crippen LogP contribution is 2.27. The first-order valence-corrected chi connectivity index (χ1v) is 7.82. The van der Waals surface area contributed by atoms with Gasteiger partial charge in [-0.3, -0.25) is 0 Å². The van der Waals surface area contributed by atoms with Gasteiger partial charge in [0.25, 0.3) is 0 Å². The van der Waals surface area contributed by atoms with Crippen LogP contribution < -0.4 is 5.32 Å². The maximum Gasteiger partial charge on any atom is 0.148 e. The molecule has 1 aromatic carbocycles. The van der Waals surface area contributed by atoms with Crippen LogP contribution in [0.4, 0.5) is 4.39 Å². The molecule has 0 saturated heterocycles. The van der Waals surface area contributed by atoms with Gasteiger partial charge in [-0.2, -0.15) is 0 Å². The van der Waals surface area contributed by atoms with Crippen molar-refractivity contribution in [2.24, 2.45) is 0 Å². The SMILES string of the molecule is CCCNCCCc1nnc(-c2ccc(F)cc2C)s1. The van der Waals surface area contributed by atoms with Gasteiger partial charge in [-0.1, -0.05) is 18.3 Å². The van der Waals surface area contributed by atoms with E-state index < -0.39 is 0 Å². The third kappa shape index (κ3) is 4.08. The van der Waals surface area contributed by atoms with Crippen molar-refractivity contribution in [1.29, 1.82) is 0 Å². The first-order valence-electron chi connectivity index (χ1n) is 7.00. The predicted octanol–water partition coefficient (Wildman–Crippen LogP) is 3.58. The van der Waals surface area contributed by atoms with E-state index in [-0.39, 0.29) is 5.82 Å². The van der Waals surface area contributed by atoms with E-state index in [0.29, 0.717) is 0 Å². The van der Waals surface area contributed by atoms with Gasteiger partial charge in [0.15, 0.2) is 0 Å². The number of benzene rings is 1. The van der Waals surface area contributed by atoms with Crippen molar-refractivity contribution in [1.82, 2.24) is 15.5 Å². The summed E-state index contributed by atoms with van der Waals surface area (Å²) in [5.74, 6) is -0.210. The standard InChI is InChI=1S/C15H20FN3S/c1-3-8-17-9-4-5-14-18-19-15(20-14)13-7-6-12(16)10-11(13)2/h6-7,10,17H,3-5,8-9H2,1-2H3. The van der Waals surface area contributed by atoms with Gasteiger partial charge < -0.3 is 5.32 Å². The van der Waals surface area contributed by atoms with Crippen LogP contribution in [-0.2, 0) is 6.42 Å². The molecule has 1 aromatic heterocycles. The lowest BCUT2D eigenvalue weighted by atomic mass is 10.1. The number of halogens is 1. The van der Waals surface area contributed by atoms with Crippen LogP contribution >= 0.6 is 11.3 Å². The molecule has 2 aromatic rings. The van der Waals surface area contributed by atoms with Crippen LogP contribution in [0.25, 0.3) is 10.6 Å². The normalized spacial score (nSPS) is 10.9. The molecular weight excluding hydrogens is 273 g/mol. The maximum absolute atomic E-state index is 13.1. The zero-order valence-corrected chi connectivity index (χ0v) is 12.8. The fourth-order valence-corrected chi connectivity index (χ4v) is 2.97. The van der Waals surface area contributed by atoms with Gasteiger partial charge in [-0.05, 0) is 56.6 Å². The number of nitrogens with one attached hydrogen (secondary N) is 1. The van der Waals surface area contributed by atoms with Gasteiger partial charge in [-0.25, -0.2) is 4.39 Å². The van der Waals surface area contributed by atoms with E-state index in [9.17, 15) is 4.39 Å². The number of rotatable bonds is 7. The monoisotopic (exact) mass is 293 g/mol. The molecule has 3 nitrogen and oxygen atoms in total. The number of nitrogens with zero attached hydrogens (tertiary/aromatic N) is 2. The molecule has 2 rings (SSSR count). The van der Waals surface area contributed by atoms with Gasteiger partial charge in [0, 0.05) is 12.0 Å². The molecule has 0 radical (unpaired) electrons. The third-order valence-corrected chi connectivity index (χ3v) is 4.07. The highest BCUT2D eigenvalue weighted by Gasteiger charge is 2.09. The summed E-state index contributed by atoms with van der Waals surface area (Å²) in [5.41, 5.74) is 1.87. The largest absolute Gasteiger partial charge is 0.317 e. The number of aromatic nitrogens is 2. The Labute approximate surface area is 123 Å². The van der Waals surface area contributed by atoms with E-state index in [0.717, 1.165) is 53.5 Å². The van der Waals surface area contributed by atoms with E-state index in [2.05, 4.69) is 22.4 Å². The van der Waals surface area contributed by atoms with Crippen molar-refractivity contribution >= 4 is 11.3 Å². The Kier molecular flexibility index (Phi) is 5.61. The lowest BCUT2D eigenvalue weighted by Crippen LogP contribution is -2.16. The Morgan fingerprint density at radius 3 is 2.85 bits per heavy atom. The molecule has 5 heteroatoms. The molecule has 0 spiro atoms. The Balaban J connectivity index is 1.95. The first-order chi connectivity index (χ1) is 9.70. The Hall–Kier alpha value is -1.33. The summed E-state index contributed by atoms with van der Waals surface area (Å²) >= 11 is 1.60. The molecule has 0 bridgehead atoms. The van der Waals surface area contributed by atoms with E-state index in [1.807, 2.05) is 6.92 Å². The Bertz CT molecular complexity index is 554. The number of aryl methyl sites for hydroxylation is 2. The minimum Gasteiger partial charge on any atom is -0.317 e. The van der Waals surface area contributed by atoms with Crippen molar-refractivity contribution < 1.29 is 4.39 Å². The first kappa shape index (κ1) is 15.1. The Morgan fingerprint density at radius 1 is 1.25 bits per heavy atom. The minimum absolute atomic E-state index is 0.210. The zero-order chi connectivity index (χ0) is 14.4. The second kappa shape index (κ2) is 7.45. The van der Waals surface area contributed by atoms with Crippen molar-refractivity contribution in [3.8, 4) is 10.6 Å². The molecule has 1 heterocycles. The van der Waals surface area contributed by atoms with Crippen molar-refractivity contribution in [3.63, 3.8) is 0 Å². The molecule has 1 N–H and O–H groups in total. The lowest BCUT2D eigenvalue weighted by Gasteiger charge is -2.01. The topological polar surface area (TPSA) is 37.8 Å². The number of hydrogen-bond acceptors (Lipinski definition) is 4. The van der Waals surface area contributed by atoms with Gasteiger partial charge in [0.05, 0.1) is 0 Å². The molecule has 0 atom stereocenters. The van der Waals surface area contributed by atoms with Gasteiger partial charge in [0.1, 0.15) is 15.8 Å². The molecule has 0 aliphatic rings. The summed E-state index contributed by atoms with van der Waals surface area (Å²) in [4.78, 5) is 0. The van der Waals surface area contributed by atoms with E-state index in [1.165, 1.54) is 12.1 Å². The van der Waals surface area contributed by atoms with Crippen molar-refractivity contribution in [2.75, 3.05) is 13.1 Å². The fourth-order valence-electron chi connectivity index (χ4n) is 2.00. The molecule has 20 heavy (non-hydrogen) atoms. The predicted molar refractivity (Wildman–Crippen MR) is 81.5 cm³/mol. The summed E-state index contributed by atoms with van der Waals surface area (Å²) in [6.45, 7) is 6.14. The van der Waals surface area contributed by atoms with Gasteiger partial charge in [0.2, 0.25) is 0 Å². The molecular formula is C15H20FN3S. The molecule has 0 saturated carbocycles. The Morgan fingerprint density at radius 2 is 2.10 bits per heavy atom. The van der Waals surface area contributed by atoms with Crippen LogP contribution in [0.15, 0.2) is 18.2 Å². The summed E-state index contributed by atoms with van der Waals surface area (Å²) in [5, 5.41) is 13.7. The second-order valence-electron chi connectivity index (χ2n) is 4.81. The average Bonchev–Trinajstić information content (AvgIpc) is 2.87. The summed E-state index contributed by atoms with van der Waals surface area (Å²) in [6, 6.07) is 4.78. The number of hydrogen-bond donors (Lipinski definition) is 1. The molecule has 0 unspecified atom stereocenters. The van der Waals surface area contributed by atoms with Crippen molar-refractivity contribution in [3.05, 3.63) is 34.6 Å². The quantitative estimate of drug-likeness (QED) is 0.793. The molecule has 0 fully saturated rings. The van der Waals surface area contributed by atoms with Crippen LogP contribution in [0.5, 0.6) is 0 Å². The van der Waals surface area contributed by atoms with Gasteiger partial charge >= 0.3 is 0 Å². The average molecular weight is 293 g/mol. The van der Waals surface area contributed by atoms with E-state index >= 15 is 0 Å². The van der Waals surface area contributed by atoms with Crippen LogP contribution in [0, 0.1) is 12.7 Å². The van der Waals surface area contributed by atoms with Crippen LogP contribution in [0.3, 0.4) is 0 Å². The van der Waals surface area contributed by atoms with Crippen LogP contribution in [-0.4, -0.2) is 23.3 Å². The minimum atomic E-state index is -0.210. The van der Waals surface area contributed by atoms with Crippen LogP contribution in [0.2, 0.25) is 0 Å². The van der Waals surface area contributed by atoms with E-state index in [1.54, 1.807) is 17.4 Å². The van der Waals surface area contributed by atoms with E-state index in [4.69, 9.17) is 0 Å². The fraction of sp³-hybridized carbons (Fsp3) is 0.467. The van der Waals surface area contributed by atoms with Gasteiger partial charge in [-0.15, -0.1) is 10.2 Å². The third-order valence-electron chi connectivity index (χ3n) is 3.06. The summed E-state index contributed by atoms with van der Waals surface area (Å²) < 4.78 is 13.1. The molecule has 108 valence electrons. The molecule has 0 amide bonds. The molecule has 0 aliphatic carbocycles. The highest BCUT2D eigenvalue weighted by molar-refractivity contribution is 7.14. The van der Waals surface area contributed by atoms with Crippen LogP contribution in [0.1, 0.15) is 30.3 Å². The summed E-state index contributed by atoms with van der Waals surface area (Å²) in [6.07, 6.45) is 3.17.